The normalized spacial score (nSPS) is 11.2. The van der Waals surface area contributed by atoms with Gasteiger partial charge in [-0.1, -0.05) is 31.5 Å². The van der Waals surface area contributed by atoms with Crippen molar-refractivity contribution in [1.29, 1.82) is 0 Å². The minimum atomic E-state index is 0.00889. The van der Waals surface area contributed by atoms with E-state index in [-0.39, 0.29) is 5.91 Å². The smallest absolute Gasteiger partial charge is 0.227 e. The van der Waals surface area contributed by atoms with Crippen LogP contribution in [0.4, 0.5) is 5.69 Å². The van der Waals surface area contributed by atoms with Crippen LogP contribution < -0.4 is 5.32 Å². The third-order valence-electron chi connectivity index (χ3n) is 3.70. The van der Waals surface area contributed by atoms with E-state index in [1.165, 1.54) is 0 Å². The quantitative estimate of drug-likeness (QED) is 0.686. The van der Waals surface area contributed by atoms with Gasteiger partial charge in [-0.15, -0.1) is 0 Å². The Morgan fingerprint density at radius 3 is 2.79 bits per heavy atom. The summed E-state index contributed by atoms with van der Waals surface area (Å²) in [6.45, 7) is 6.00. The van der Waals surface area contributed by atoms with E-state index in [9.17, 15) is 4.79 Å². The first-order valence-corrected chi connectivity index (χ1v) is 8.27. The number of aryl methyl sites for hydroxylation is 1. The molecule has 124 valence electrons. The second-order valence-electron chi connectivity index (χ2n) is 6.31. The van der Waals surface area contributed by atoms with E-state index in [2.05, 4.69) is 10.3 Å². The van der Waals surface area contributed by atoms with E-state index in [1.807, 2.05) is 39.0 Å². The highest BCUT2D eigenvalue weighted by Crippen LogP contribution is 2.29. The van der Waals surface area contributed by atoms with E-state index in [0.717, 1.165) is 16.8 Å². The summed E-state index contributed by atoms with van der Waals surface area (Å²) in [5, 5.41) is 3.58. The number of rotatable bonds is 4. The molecule has 3 aromatic rings. The van der Waals surface area contributed by atoms with Crippen LogP contribution >= 0.6 is 11.6 Å². The predicted molar refractivity (Wildman–Crippen MR) is 97.3 cm³/mol. The number of carbonyl (C=O) groups is 1. The molecule has 0 radical (unpaired) electrons. The fourth-order valence-electron chi connectivity index (χ4n) is 2.49. The van der Waals surface area contributed by atoms with Gasteiger partial charge >= 0.3 is 0 Å². The van der Waals surface area contributed by atoms with Crippen molar-refractivity contribution in [2.75, 3.05) is 5.32 Å². The number of hydrogen-bond donors (Lipinski definition) is 1. The second kappa shape index (κ2) is 6.65. The Kier molecular flexibility index (Phi) is 4.58. The molecule has 24 heavy (non-hydrogen) atoms. The van der Waals surface area contributed by atoms with Crippen molar-refractivity contribution in [2.45, 2.75) is 27.2 Å². The molecule has 3 rings (SSSR count). The summed E-state index contributed by atoms with van der Waals surface area (Å²) in [5.74, 6) is 0.830. The lowest BCUT2D eigenvalue weighted by molar-refractivity contribution is -0.116. The van der Waals surface area contributed by atoms with Crippen LogP contribution in [0.3, 0.4) is 0 Å². The maximum atomic E-state index is 12.0. The summed E-state index contributed by atoms with van der Waals surface area (Å²) in [6.07, 6.45) is 0.491. The molecule has 4 nitrogen and oxygen atoms in total. The summed E-state index contributed by atoms with van der Waals surface area (Å²) in [4.78, 5) is 16.5. The van der Waals surface area contributed by atoms with Crippen molar-refractivity contribution in [1.82, 2.24) is 4.98 Å². The minimum absolute atomic E-state index is 0.00889. The lowest BCUT2D eigenvalue weighted by Crippen LogP contribution is -2.14. The molecule has 0 unspecified atom stereocenters. The Labute approximate surface area is 145 Å². The number of amides is 1. The molecular weight excluding hydrogens is 324 g/mol. The van der Waals surface area contributed by atoms with Gasteiger partial charge in [0.2, 0.25) is 11.8 Å². The first-order chi connectivity index (χ1) is 11.4. The number of oxazole rings is 1. The van der Waals surface area contributed by atoms with Gasteiger partial charge in [0.15, 0.2) is 5.58 Å². The molecule has 0 saturated carbocycles. The molecule has 1 aromatic heterocycles. The number of nitrogens with zero attached hydrogens (tertiary/aromatic N) is 1. The molecule has 2 aromatic carbocycles. The molecule has 0 aliphatic rings. The van der Waals surface area contributed by atoms with E-state index < -0.39 is 0 Å². The summed E-state index contributed by atoms with van der Waals surface area (Å²) >= 11 is 5.99. The van der Waals surface area contributed by atoms with Crippen molar-refractivity contribution in [3.63, 3.8) is 0 Å². The Balaban J connectivity index is 1.93. The van der Waals surface area contributed by atoms with Crippen LogP contribution in [-0.4, -0.2) is 10.9 Å². The number of fused-ring (bicyclic) bond motifs is 1. The number of halogens is 1. The second-order valence-corrected chi connectivity index (χ2v) is 6.74. The number of benzene rings is 2. The zero-order valence-electron chi connectivity index (χ0n) is 13.9. The number of hydrogen-bond acceptors (Lipinski definition) is 3. The Bertz CT molecular complexity index is 900. The average molecular weight is 343 g/mol. The highest BCUT2D eigenvalue weighted by Gasteiger charge is 2.12. The molecule has 0 aliphatic carbocycles. The average Bonchev–Trinajstić information content (AvgIpc) is 2.91. The zero-order valence-corrected chi connectivity index (χ0v) is 14.6. The highest BCUT2D eigenvalue weighted by atomic mass is 35.5. The van der Waals surface area contributed by atoms with Crippen LogP contribution in [0, 0.1) is 12.8 Å². The van der Waals surface area contributed by atoms with Crippen LogP contribution in [0.1, 0.15) is 25.8 Å². The van der Waals surface area contributed by atoms with Crippen molar-refractivity contribution in [3.05, 3.63) is 47.0 Å². The Morgan fingerprint density at radius 1 is 1.25 bits per heavy atom. The third kappa shape index (κ3) is 3.60. The number of nitrogens with one attached hydrogen (secondary N) is 1. The number of aromatic nitrogens is 1. The van der Waals surface area contributed by atoms with Crippen molar-refractivity contribution in [2.24, 2.45) is 5.92 Å². The van der Waals surface area contributed by atoms with E-state index >= 15 is 0 Å². The zero-order chi connectivity index (χ0) is 17.3. The Hall–Kier alpha value is -2.33. The SMILES string of the molecule is Cc1ccc(-c2nc3cc(Cl)ccc3o2)cc1NC(=O)CC(C)C. The van der Waals surface area contributed by atoms with Crippen molar-refractivity contribution >= 4 is 34.3 Å². The van der Waals surface area contributed by atoms with Gasteiger partial charge in [-0.2, -0.15) is 0 Å². The standard InChI is InChI=1S/C19H19ClN2O2/c1-11(2)8-18(23)21-15-9-13(5-4-12(15)3)19-22-16-10-14(20)6-7-17(16)24-19/h4-7,9-11H,8H2,1-3H3,(H,21,23). The topological polar surface area (TPSA) is 55.1 Å². The van der Waals surface area contributed by atoms with Gasteiger partial charge in [0.1, 0.15) is 5.52 Å². The molecule has 0 bridgehead atoms. The van der Waals surface area contributed by atoms with Gasteiger partial charge in [0, 0.05) is 22.7 Å². The summed E-state index contributed by atoms with van der Waals surface area (Å²) < 4.78 is 5.79. The van der Waals surface area contributed by atoms with E-state index in [1.54, 1.807) is 18.2 Å². The molecular formula is C19H19ClN2O2. The molecule has 1 heterocycles. The molecule has 0 saturated heterocycles. The van der Waals surface area contributed by atoms with Crippen molar-refractivity contribution in [3.8, 4) is 11.5 Å². The number of anilines is 1. The molecule has 1 amide bonds. The van der Waals surface area contributed by atoms with Gasteiger partial charge in [-0.3, -0.25) is 4.79 Å². The lowest BCUT2D eigenvalue weighted by Gasteiger charge is -2.10. The highest BCUT2D eigenvalue weighted by molar-refractivity contribution is 6.31. The van der Waals surface area contributed by atoms with Gasteiger partial charge in [-0.25, -0.2) is 4.98 Å². The molecule has 0 aliphatic heterocycles. The lowest BCUT2D eigenvalue weighted by atomic mass is 10.1. The molecule has 0 atom stereocenters. The monoisotopic (exact) mass is 342 g/mol. The maximum Gasteiger partial charge on any atom is 0.227 e. The molecule has 1 N–H and O–H groups in total. The fraction of sp³-hybridized carbons (Fsp3) is 0.263. The van der Waals surface area contributed by atoms with Crippen LogP contribution in [0.15, 0.2) is 40.8 Å². The predicted octanol–water partition coefficient (Wildman–Crippen LogP) is 5.44. The molecule has 5 heteroatoms. The molecule has 0 spiro atoms. The van der Waals surface area contributed by atoms with Crippen molar-refractivity contribution < 1.29 is 9.21 Å². The summed E-state index contributed by atoms with van der Waals surface area (Å²) in [7, 11) is 0. The van der Waals surface area contributed by atoms with E-state index in [0.29, 0.717) is 34.4 Å². The molecule has 0 fully saturated rings. The largest absolute Gasteiger partial charge is 0.436 e. The van der Waals surface area contributed by atoms with Crippen LogP contribution in [0.25, 0.3) is 22.6 Å². The third-order valence-corrected chi connectivity index (χ3v) is 3.94. The van der Waals surface area contributed by atoms with E-state index in [4.69, 9.17) is 16.0 Å². The van der Waals surface area contributed by atoms with Gasteiger partial charge in [0.05, 0.1) is 0 Å². The minimum Gasteiger partial charge on any atom is -0.436 e. The van der Waals surface area contributed by atoms with Crippen LogP contribution in [-0.2, 0) is 4.79 Å². The van der Waals surface area contributed by atoms with Gasteiger partial charge in [0.25, 0.3) is 0 Å². The number of carbonyl (C=O) groups excluding carboxylic acids is 1. The Morgan fingerprint density at radius 2 is 2.04 bits per heavy atom. The van der Waals surface area contributed by atoms with Crippen LogP contribution in [0.2, 0.25) is 5.02 Å². The first-order valence-electron chi connectivity index (χ1n) is 7.89. The maximum absolute atomic E-state index is 12.0. The fourth-order valence-corrected chi connectivity index (χ4v) is 2.65. The summed E-state index contributed by atoms with van der Waals surface area (Å²) in [6, 6.07) is 11.1. The van der Waals surface area contributed by atoms with Gasteiger partial charge < -0.3 is 9.73 Å². The van der Waals surface area contributed by atoms with Crippen LogP contribution in [0.5, 0.6) is 0 Å². The first kappa shape index (κ1) is 16.5. The van der Waals surface area contributed by atoms with Gasteiger partial charge in [-0.05, 0) is 48.7 Å². The summed E-state index contributed by atoms with van der Waals surface area (Å²) in [5.41, 5.74) is 3.98.